The van der Waals surface area contributed by atoms with Crippen LogP contribution in [0.4, 0.5) is 0 Å². The third-order valence-corrected chi connectivity index (χ3v) is 11.0. The quantitative estimate of drug-likeness (QED) is 0.542. The summed E-state index contributed by atoms with van der Waals surface area (Å²) < 4.78 is 5.29. The van der Waals surface area contributed by atoms with E-state index in [4.69, 9.17) is 4.74 Å². The van der Waals surface area contributed by atoms with Gasteiger partial charge in [-0.3, -0.25) is 9.59 Å². The fourth-order valence-electron chi connectivity index (χ4n) is 9.49. The first-order chi connectivity index (χ1) is 14.9. The molecule has 0 unspecified atom stereocenters. The third kappa shape index (κ3) is 3.85. The van der Waals surface area contributed by atoms with Crippen molar-refractivity contribution >= 4 is 24.2 Å². The summed E-state index contributed by atoms with van der Waals surface area (Å²) in [5, 5.41) is 4.20. The first kappa shape index (κ1) is 24.5. The molecule has 5 fully saturated rings. The number of carbonyl (C=O) groups excluding carboxylic acids is 2. The van der Waals surface area contributed by atoms with Gasteiger partial charge in [-0.2, -0.15) is 0 Å². The Morgan fingerprint density at radius 2 is 1.75 bits per heavy atom. The van der Waals surface area contributed by atoms with Crippen LogP contribution < -0.4 is 5.32 Å². The number of hydrogen-bond acceptors (Lipinski definition) is 4. The van der Waals surface area contributed by atoms with E-state index in [1.165, 1.54) is 51.4 Å². The second-order valence-electron chi connectivity index (χ2n) is 12.3. The van der Waals surface area contributed by atoms with E-state index in [-0.39, 0.29) is 35.1 Å². The molecule has 0 aromatic carbocycles. The maximum atomic E-state index is 12.8. The second kappa shape index (κ2) is 9.21. The largest absolute Gasteiger partial charge is 0.469 e. The standard InChI is InChI=1S/C27H43NO3.ClH/c1-26-14-13-19(29)15-17(26)9-10-20-21-11-12-22(25(30)31-3)27(21,2)16-23(24(20)26)28-18-7-5-4-6-8-18;/h17-18,20-24,28H,4-16H2,1-3H3;1H/t17-,20-,21-,22+,23+,24+,26-,27-;/m0./s1. The first-order valence-corrected chi connectivity index (χ1v) is 13.2. The van der Waals surface area contributed by atoms with Crippen LogP contribution in [0.3, 0.4) is 0 Å². The molecular weight excluding hydrogens is 422 g/mol. The molecule has 0 aromatic heterocycles. The predicted molar refractivity (Wildman–Crippen MR) is 129 cm³/mol. The number of nitrogens with one attached hydrogen (secondary N) is 1. The lowest BCUT2D eigenvalue weighted by molar-refractivity contribution is -0.161. The van der Waals surface area contributed by atoms with Crippen molar-refractivity contribution in [1.29, 1.82) is 0 Å². The van der Waals surface area contributed by atoms with Gasteiger partial charge in [0.2, 0.25) is 0 Å². The molecule has 5 heteroatoms. The van der Waals surface area contributed by atoms with Crippen LogP contribution in [0.25, 0.3) is 0 Å². The maximum absolute atomic E-state index is 12.8. The number of fused-ring (bicyclic) bond motifs is 5. The van der Waals surface area contributed by atoms with E-state index in [0.717, 1.165) is 32.1 Å². The molecule has 32 heavy (non-hydrogen) atoms. The highest BCUT2D eigenvalue weighted by atomic mass is 35.5. The zero-order valence-electron chi connectivity index (χ0n) is 20.4. The summed E-state index contributed by atoms with van der Waals surface area (Å²) in [4.78, 5) is 25.1. The molecule has 0 spiro atoms. The van der Waals surface area contributed by atoms with Crippen molar-refractivity contribution in [2.45, 2.75) is 109 Å². The highest BCUT2D eigenvalue weighted by Gasteiger charge is 2.64. The summed E-state index contributed by atoms with van der Waals surface area (Å²) in [5.41, 5.74) is 0.322. The number of rotatable bonds is 3. The van der Waals surface area contributed by atoms with Crippen LogP contribution in [0.5, 0.6) is 0 Å². The minimum absolute atomic E-state index is 0. The molecule has 182 valence electrons. The van der Waals surface area contributed by atoms with Crippen molar-refractivity contribution in [3.63, 3.8) is 0 Å². The zero-order chi connectivity index (χ0) is 21.8. The molecule has 0 heterocycles. The van der Waals surface area contributed by atoms with Crippen LogP contribution >= 0.6 is 12.4 Å². The van der Waals surface area contributed by atoms with Gasteiger partial charge in [-0.05, 0) is 85.9 Å². The normalized spacial score (nSPS) is 46.4. The Morgan fingerprint density at radius 1 is 1.00 bits per heavy atom. The number of ketones is 1. The van der Waals surface area contributed by atoms with Crippen LogP contribution in [0.1, 0.15) is 97.3 Å². The number of ether oxygens (including phenoxy) is 1. The van der Waals surface area contributed by atoms with Gasteiger partial charge in [0.15, 0.2) is 0 Å². The van der Waals surface area contributed by atoms with E-state index < -0.39 is 0 Å². The lowest BCUT2D eigenvalue weighted by Crippen LogP contribution is -2.63. The van der Waals surface area contributed by atoms with Crippen molar-refractivity contribution in [1.82, 2.24) is 5.32 Å². The molecule has 5 rings (SSSR count). The van der Waals surface area contributed by atoms with Crippen LogP contribution in [-0.2, 0) is 14.3 Å². The molecule has 5 aliphatic carbocycles. The molecule has 0 saturated heterocycles. The topological polar surface area (TPSA) is 55.4 Å². The minimum Gasteiger partial charge on any atom is -0.469 e. The smallest absolute Gasteiger partial charge is 0.309 e. The van der Waals surface area contributed by atoms with Gasteiger partial charge in [0.1, 0.15) is 5.78 Å². The second-order valence-corrected chi connectivity index (χ2v) is 12.3. The van der Waals surface area contributed by atoms with Crippen LogP contribution in [-0.4, -0.2) is 30.9 Å². The summed E-state index contributed by atoms with van der Waals surface area (Å²) in [7, 11) is 1.56. The van der Waals surface area contributed by atoms with E-state index in [2.05, 4.69) is 19.2 Å². The third-order valence-electron chi connectivity index (χ3n) is 11.0. The predicted octanol–water partition coefficient (Wildman–Crippen LogP) is 5.71. The Kier molecular flexibility index (Phi) is 7.05. The molecule has 5 aliphatic rings. The van der Waals surface area contributed by atoms with Gasteiger partial charge in [0.05, 0.1) is 13.0 Å². The fourth-order valence-corrected chi connectivity index (χ4v) is 9.49. The number of methoxy groups -OCH3 is 1. The van der Waals surface area contributed by atoms with Crippen LogP contribution in [0.15, 0.2) is 0 Å². The van der Waals surface area contributed by atoms with Crippen molar-refractivity contribution in [2.75, 3.05) is 7.11 Å². The lowest BCUT2D eigenvalue weighted by atomic mass is 9.43. The number of esters is 1. The highest BCUT2D eigenvalue weighted by molar-refractivity contribution is 5.85. The van der Waals surface area contributed by atoms with E-state index in [0.29, 0.717) is 41.5 Å². The average molecular weight is 466 g/mol. The van der Waals surface area contributed by atoms with Crippen molar-refractivity contribution in [3.8, 4) is 0 Å². The van der Waals surface area contributed by atoms with Crippen molar-refractivity contribution < 1.29 is 14.3 Å². The van der Waals surface area contributed by atoms with Gasteiger partial charge in [0.25, 0.3) is 0 Å². The van der Waals surface area contributed by atoms with Crippen LogP contribution in [0, 0.1) is 40.4 Å². The maximum Gasteiger partial charge on any atom is 0.309 e. The Bertz CT molecular complexity index is 722. The number of hydrogen-bond donors (Lipinski definition) is 1. The number of carbonyl (C=O) groups is 2. The van der Waals surface area contributed by atoms with Crippen molar-refractivity contribution in [2.24, 2.45) is 40.4 Å². The Balaban J connectivity index is 0.00000245. The Morgan fingerprint density at radius 3 is 2.47 bits per heavy atom. The van der Waals surface area contributed by atoms with Gasteiger partial charge in [-0.1, -0.05) is 33.1 Å². The molecule has 1 N–H and O–H groups in total. The molecule has 4 nitrogen and oxygen atoms in total. The molecular formula is C27H44ClNO3. The highest BCUT2D eigenvalue weighted by Crippen LogP contribution is 2.67. The number of Topliss-reactive ketones (excluding diaryl/α,β-unsaturated/α-hetero) is 1. The summed E-state index contributed by atoms with van der Waals surface area (Å²) in [6.45, 7) is 4.95. The summed E-state index contributed by atoms with van der Waals surface area (Å²) in [5.74, 6) is 3.08. The first-order valence-electron chi connectivity index (χ1n) is 13.2. The molecule has 5 saturated carbocycles. The van der Waals surface area contributed by atoms with Gasteiger partial charge < -0.3 is 10.1 Å². The molecule has 0 radical (unpaired) electrons. The monoisotopic (exact) mass is 465 g/mol. The Labute approximate surface area is 200 Å². The molecule has 0 aromatic rings. The average Bonchev–Trinajstić information content (AvgIpc) is 3.11. The SMILES string of the molecule is COC(=O)[C@H]1CC[C@H]2[C@@H]3CC[C@H]4CC(=O)CC[C@]4(C)[C@H]3[C@H](NC3CCCCC3)C[C@]12C.Cl. The lowest BCUT2D eigenvalue weighted by Gasteiger charge is -2.63. The summed E-state index contributed by atoms with van der Waals surface area (Å²) >= 11 is 0. The fraction of sp³-hybridized carbons (Fsp3) is 0.926. The van der Waals surface area contributed by atoms with Gasteiger partial charge in [-0.15, -0.1) is 12.4 Å². The minimum atomic E-state index is 0. The summed E-state index contributed by atoms with van der Waals surface area (Å²) in [6.07, 6.45) is 15.0. The van der Waals surface area contributed by atoms with E-state index in [9.17, 15) is 9.59 Å². The summed E-state index contributed by atoms with van der Waals surface area (Å²) in [6, 6.07) is 1.10. The zero-order valence-corrected chi connectivity index (χ0v) is 21.2. The molecule has 0 aliphatic heterocycles. The van der Waals surface area contributed by atoms with E-state index in [1.807, 2.05) is 0 Å². The number of halogens is 1. The van der Waals surface area contributed by atoms with Gasteiger partial charge in [0, 0.05) is 24.9 Å². The molecule has 8 atom stereocenters. The van der Waals surface area contributed by atoms with Gasteiger partial charge >= 0.3 is 5.97 Å². The van der Waals surface area contributed by atoms with E-state index >= 15 is 0 Å². The van der Waals surface area contributed by atoms with Crippen molar-refractivity contribution in [3.05, 3.63) is 0 Å². The Hall–Kier alpha value is -0.610. The van der Waals surface area contributed by atoms with E-state index in [1.54, 1.807) is 7.11 Å². The van der Waals surface area contributed by atoms with Crippen LogP contribution in [0.2, 0.25) is 0 Å². The molecule has 0 bridgehead atoms. The molecule has 0 amide bonds. The van der Waals surface area contributed by atoms with Gasteiger partial charge in [-0.25, -0.2) is 0 Å².